The van der Waals surface area contributed by atoms with Gasteiger partial charge in [-0.05, 0) is 18.8 Å². The Morgan fingerprint density at radius 3 is 3.00 bits per heavy atom. The minimum absolute atomic E-state index is 0.356. The molecule has 0 spiro atoms. The minimum atomic E-state index is 0.356. The molecule has 0 unspecified atom stereocenters. The number of hydrogen-bond donors (Lipinski definition) is 0. The number of carbonyl (C=O) groups is 1. The molecule has 2 heteroatoms. The van der Waals surface area contributed by atoms with E-state index in [0.29, 0.717) is 17.9 Å². The second-order valence-electron chi connectivity index (χ2n) is 3.47. The van der Waals surface area contributed by atoms with Crippen LogP contribution < -0.4 is 0 Å². The molecule has 1 aliphatic carbocycles. The van der Waals surface area contributed by atoms with Gasteiger partial charge in [-0.3, -0.25) is 4.79 Å². The van der Waals surface area contributed by atoms with Crippen molar-refractivity contribution in [3.63, 3.8) is 0 Å². The topological polar surface area (TPSA) is 20.3 Å². The van der Waals surface area contributed by atoms with E-state index in [9.17, 15) is 4.79 Å². The van der Waals surface area contributed by atoms with E-state index >= 15 is 0 Å². The second kappa shape index (κ2) is 1.97. The fraction of sp³-hybridized carbons (Fsp3) is 0.875. The monoisotopic (exact) mass is 139 g/mol. The summed E-state index contributed by atoms with van der Waals surface area (Å²) in [7, 11) is 1.94. The molecule has 1 aliphatic heterocycles. The third kappa shape index (κ3) is 0.678. The zero-order valence-corrected chi connectivity index (χ0v) is 6.34. The summed E-state index contributed by atoms with van der Waals surface area (Å²) < 4.78 is 0. The summed E-state index contributed by atoms with van der Waals surface area (Å²) in [6.45, 7) is 0. The Balaban J connectivity index is 2.16. The molecular weight excluding hydrogens is 126 g/mol. The number of carbonyl (C=O) groups excluding carboxylic acids is 1. The standard InChI is InChI=1S/C8H13NO/c1-9-7-4-2-3-6(7)5-8(9)10/h6-7H,2-5H2,1H3/t6-,7-/m0/s1. The van der Waals surface area contributed by atoms with Crippen molar-refractivity contribution in [2.24, 2.45) is 5.92 Å². The number of nitrogens with zero attached hydrogens (tertiary/aromatic N) is 1. The quantitative estimate of drug-likeness (QED) is 0.490. The maximum atomic E-state index is 11.1. The molecule has 2 aliphatic rings. The van der Waals surface area contributed by atoms with Crippen molar-refractivity contribution in [1.82, 2.24) is 4.90 Å². The van der Waals surface area contributed by atoms with E-state index in [1.54, 1.807) is 0 Å². The van der Waals surface area contributed by atoms with Gasteiger partial charge in [0.1, 0.15) is 0 Å². The van der Waals surface area contributed by atoms with Gasteiger partial charge >= 0.3 is 0 Å². The summed E-state index contributed by atoms with van der Waals surface area (Å²) in [6, 6.07) is 0.604. The van der Waals surface area contributed by atoms with Crippen LogP contribution in [0, 0.1) is 5.92 Å². The molecule has 0 N–H and O–H groups in total. The molecule has 2 rings (SSSR count). The minimum Gasteiger partial charge on any atom is -0.342 e. The molecule has 0 aromatic rings. The van der Waals surface area contributed by atoms with Crippen LogP contribution in [-0.4, -0.2) is 23.9 Å². The first-order chi connectivity index (χ1) is 4.79. The van der Waals surface area contributed by atoms with Gasteiger partial charge in [0.05, 0.1) is 0 Å². The molecule has 0 radical (unpaired) electrons. The zero-order chi connectivity index (χ0) is 7.14. The lowest BCUT2D eigenvalue weighted by atomic mass is 10.0. The van der Waals surface area contributed by atoms with Crippen LogP contribution in [0.5, 0.6) is 0 Å². The van der Waals surface area contributed by atoms with Gasteiger partial charge in [-0.1, -0.05) is 6.42 Å². The van der Waals surface area contributed by atoms with Crippen LogP contribution in [0.2, 0.25) is 0 Å². The second-order valence-corrected chi connectivity index (χ2v) is 3.47. The van der Waals surface area contributed by atoms with Crippen LogP contribution in [0.1, 0.15) is 25.7 Å². The lowest BCUT2D eigenvalue weighted by Crippen LogP contribution is -2.28. The van der Waals surface area contributed by atoms with Crippen LogP contribution in [0.15, 0.2) is 0 Å². The van der Waals surface area contributed by atoms with Crippen molar-refractivity contribution in [3.05, 3.63) is 0 Å². The Labute approximate surface area is 61.2 Å². The van der Waals surface area contributed by atoms with E-state index in [4.69, 9.17) is 0 Å². The first kappa shape index (κ1) is 6.20. The molecule has 2 fully saturated rings. The molecular formula is C8H13NO. The lowest BCUT2D eigenvalue weighted by molar-refractivity contribution is -0.127. The van der Waals surface area contributed by atoms with Crippen LogP contribution >= 0.6 is 0 Å². The van der Waals surface area contributed by atoms with Crippen LogP contribution in [0.4, 0.5) is 0 Å². The number of hydrogen-bond acceptors (Lipinski definition) is 1. The largest absolute Gasteiger partial charge is 0.342 e. The highest BCUT2D eigenvalue weighted by atomic mass is 16.2. The Hall–Kier alpha value is -0.530. The summed E-state index contributed by atoms with van der Waals surface area (Å²) in [5.74, 6) is 1.06. The molecule has 1 amide bonds. The predicted octanol–water partition coefficient (Wildman–Crippen LogP) is 1.02. The van der Waals surface area contributed by atoms with Gasteiger partial charge in [0.25, 0.3) is 0 Å². The van der Waals surface area contributed by atoms with Crippen molar-refractivity contribution in [2.45, 2.75) is 31.7 Å². The molecule has 1 saturated carbocycles. The van der Waals surface area contributed by atoms with Crippen LogP contribution in [-0.2, 0) is 4.79 Å². The molecule has 1 saturated heterocycles. The number of amides is 1. The van der Waals surface area contributed by atoms with Crippen molar-refractivity contribution in [3.8, 4) is 0 Å². The normalized spacial score (nSPS) is 38.9. The van der Waals surface area contributed by atoms with Gasteiger partial charge in [-0.25, -0.2) is 0 Å². The van der Waals surface area contributed by atoms with E-state index in [-0.39, 0.29) is 0 Å². The fourth-order valence-corrected chi connectivity index (χ4v) is 2.32. The number of likely N-dealkylation sites (tertiary alicyclic amines) is 1. The fourth-order valence-electron chi connectivity index (χ4n) is 2.32. The molecule has 1 heterocycles. The first-order valence-electron chi connectivity index (χ1n) is 4.04. The van der Waals surface area contributed by atoms with Crippen molar-refractivity contribution in [1.29, 1.82) is 0 Å². The van der Waals surface area contributed by atoms with E-state index < -0.39 is 0 Å². The Kier molecular flexibility index (Phi) is 1.22. The highest BCUT2D eigenvalue weighted by Gasteiger charge is 2.39. The molecule has 0 bridgehead atoms. The third-order valence-electron chi connectivity index (χ3n) is 2.95. The smallest absolute Gasteiger partial charge is 0.222 e. The average molecular weight is 139 g/mol. The number of rotatable bonds is 0. The molecule has 0 aromatic carbocycles. The van der Waals surface area contributed by atoms with Crippen molar-refractivity contribution >= 4 is 5.91 Å². The highest BCUT2D eigenvalue weighted by Crippen LogP contribution is 2.37. The maximum Gasteiger partial charge on any atom is 0.222 e. The van der Waals surface area contributed by atoms with Gasteiger partial charge in [0.15, 0.2) is 0 Å². The molecule has 0 aromatic heterocycles. The lowest BCUT2D eigenvalue weighted by Gasteiger charge is -2.17. The summed E-state index contributed by atoms with van der Waals surface area (Å²) in [6.07, 6.45) is 4.67. The summed E-state index contributed by atoms with van der Waals surface area (Å²) in [5, 5.41) is 0. The Morgan fingerprint density at radius 2 is 2.30 bits per heavy atom. The zero-order valence-electron chi connectivity index (χ0n) is 6.34. The highest BCUT2D eigenvalue weighted by molar-refractivity contribution is 5.79. The van der Waals surface area contributed by atoms with Gasteiger partial charge in [-0.15, -0.1) is 0 Å². The Morgan fingerprint density at radius 1 is 1.50 bits per heavy atom. The first-order valence-corrected chi connectivity index (χ1v) is 4.04. The van der Waals surface area contributed by atoms with Gasteiger partial charge in [0.2, 0.25) is 5.91 Å². The molecule has 10 heavy (non-hydrogen) atoms. The maximum absolute atomic E-state index is 11.1. The van der Waals surface area contributed by atoms with Crippen molar-refractivity contribution in [2.75, 3.05) is 7.05 Å². The predicted molar refractivity (Wildman–Crippen MR) is 38.5 cm³/mol. The molecule has 2 atom stereocenters. The van der Waals surface area contributed by atoms with E-state index in [1.165, 1.54) is 19.3 Å². The van der Waals surface area contributed by atoms with Crippen LogP contribution in [0.25, 0.3) is 0 Å². The van der Waals surface area contributed by atoms with E-state index in [0.717, 1.165) is 6.42 Å². The van der Waals surface area contributed by atoms with Gasteiger partial charge in [-0.2, -0.15) is 0 Å². The number of fused-ring (bicyclic) bond motifs is 1. The molecule has 56 valence electrons. The Bertz CT molecular complexity index is 167. The van der Waals surface area contributed by atoms with Gasteiger partial charge in [0, 0.05) is 19.5 Å². The SMILES string of the molecule is CN1C(=O)C[C@@H]2CCC[C@@H]21. The third-order valence-corrected chi connectivity index (χ3v) is 2.95. The average Bonchev–Trinajstić information content (AvgIpc) is 2.41. The summed E-state index contributed by atoms with van der Waals surface area (Å²) >= 11 is 0. The summed E-state index contributed by atoms with van der Waals surface area (Å²) in [4.78, 5) is 13.1. The van der Waals surface area contributed by atoms with Gasteiger partial charge < -0.3 is 4.90 Å². The van der Waals surface area contributed by atoms with Crippen molar-refractivity contribution < 1.29 is 4.79 Å². The van der Waals surface area contributed by atoms with E-state index in [2.05, 4.69) is 0 Å². The van der Waals surface area contributed by atoms with Crippen LogP contribution in [0.3, 0.4) is 0 Å². The molecule has 2 nitrogen and oxygen atoms in total. The van der Waals surface area contributed by atoms with E-state index in [1.807, 2.05) is 11.9 Å². The summed E-state index contributed by atoms with van der Waals surface area (Å²) in [5.41, 5.74) is 0.